The summed E-state index contributed by atoms with van der Waals surface area (Å²) in [6, 6.07) is 4.53. The average molecular weight is 274 g/mol. The van der Waals surface area contributed by atoms with Crippen LogP contribution in [0.25, 0.3) is 0 Å². The third kappa shape index (κ3) is 2.17. The number of fused-ring (bicyclic) bond motifs is 1. The molecule has 3 rings (SSSR count). The number of nitrogens with zero attached hydrogens (tertiary/aromatic N) is 3. The molecule has 2 heterocycles. The number of hydrogen-bond acceptors (Lipinski definition) is 3. The zero-order valence-electron chi connectivity index (χ0n) is 11.2. The lowest BCUT2D eigenvalue weighted by atomic mass is 10.2. The number of anilines is 1. The van der Waals surface area contributed by atoms with Gasteiger partial charge in [-0.15, -0.1) is 5.10 Å². The number of aryl methyl sites for hydroxylation is 1. The molecule has 1 aliphatic rings. The van der Waals surface area contributed by atoms with Crippen molar-refractivity contribution in [2.75, 3.05) is 11.4 Å². The molecule has 0 unspecified atom stereocenters. The Morgan fingerprint density at radius 2 is 2.35 bits per heavy atom. The molecule has 0 fully saturated rings. The van der Waals surface area contributed by atoms with E-state index in [4.69, 9.17) is 0 Å². The topological polar surface area (TPSA) is 61.9 Å². The molecule has 104 valence electrons. The fraction of sp³-hybridized carbons (Fsp3) is 0.357. The zero-order valence-corrected chi connectivity index (χ0v) is 11.2. The van der Waals surface area contributed by atoms with Gasteiger partial charge in [0.15, 0.2) is 0 Å². The molecular weight excluding hydrogens is 259 g/mol. The number of rotatable bonds is 3. The summed E-state index contributed by atoms with van der Waals surface area (Å²) in [5.41, 5.74) is 1.60. The number of halogens is 1. The van der Waals surface area contributed by atoms with E-state index in [0.717, 1.165) is 24.8 Å². The minimum atomic E-state index is -0.342. The third-order valence-electron chi connectivity index (χ3n) is 3.40. The molecule has 20 heavy (non-hydrogen) atoms. The van der Waals surface area contributed by atoms with Gasteiger partial charge in [0.2, 0.25) is 5.82 Å². The minimum absolute atomic E-state index is 0.144. The van der Waals surface area contributed by atoms with E-state index in [1.165, 1.54) is 17.0 Å². The SMILES string of the molecule is CCCc1nc(C(=O)N2CCc3ccc(F)cc32)n[nH]1. The van der Waals surface area contributed by atoms with E-state index in [1.807, 2.05) is 6.92 Å². The summed E-state index contributed by atoms with van der Waals surface area (Å²) in [4.78, 5) is 18.1. The van der Waals surface area contributed by atoms with Gasteiger partial charge >= 0.3 is 0 Å². The van der Waals surface area contributed by atoms with E-state index in [1.54, 1.807) is 6.07 Å². The Balaban J connectivity index is 1.87. The Bertz CT molecular complexity index is 652. The van der Waals surface area contributed by atoms with Crippen LogP contribution in [0.4, 0.5) is 10.1 Å². The molecule has 0 aliphatic carbocycles. The standard InChI is InChI=1S/C14H15FN4O/c1-2-3-12-16-13(18-17-12)14(20)19-7-6-9-4-5-10(15)8-11(9)19/h4-5,8H,2-3,6-7H2,1H3,(H,16,17,18). The van der Waals surface area contributed by atoms with E-state index in [9.17, 15) is 9.18 Å². The quantitative estimate of drug-likeness (QED) is 0.932. The lowest BCUT2D eigenvalue weighted by molar-refractivity contribution is 0.0980. The Labute approximate surface area is 115 Å². The van der Waals surface area contributed by atoms with Crippen LogP contribution in [0.5, 0.6) is 0 Å². The highest BCUT2D eigenvalue weighted by Gasteiger charge is 2.28. The molecule has 1 aromatic carbocycles. The Morgan fingerprint density at radius 1 is 1.50 bits per heavy atom. The molecule has 0 saturated carbocycles. The van der Waals surface area contributed by atoms with Crippen LogP contribution in [-0.4, -0.2) is 27.6 Å². The summed E-state index contributed by atoms with van der Waals surface area (Å²) < 4.78 is 13.3. The maximum Gasteiger partial charge on any atom is 0.297 e. The van der Waals surface area contributed by atoms with E-state index >= 15 is 0 Å². The lowest BCUT2D eigenvalue weighted by Gasteiger charge is -2.15. The van der Waals surface area contributed by atoms with E-state index in [0.29, 0.717) is 18.1 Å². The van der Waals surface area contributed by atoms with Gasteiger partial charge in [0.25, 0.3) is 5.91 Å². The maximum absolute atomic E-state index is 13.3. The van der Waals surface area contributed by atoms with Crippen molar-refractivity contribution < 1.29 is 9.18 Å². The van der Waals surface area contributed by atoms with Crippen molar-refractivity contribution in [3.05, 3.63) is 41.2 Å². The fourth-order valence-corrected chi connectivity index (χ4v) is 2.42. The number of hydrogen-bond donors (Lipinski definition) is 1. The molecule has 0 bridgehead atoms. The van der Waals surface area contributed by atoms with Crippen molar-refractivity contribution in [1.82, 2.24) is 15.2 Å². The van der Waals surface area contributed by atoms with Gasteiger partial charge in [0, 0.05) is 13.0 Å². The van der Waals surface area contributed by atoms with Crippen molar-refractivity contribution >= 4 is 11.6 Å². The molecule has 1 aliphatic heterocycles. The second-order valence-electron chi connectivity index (χ2n) is 4.84. The highest BCUT2D eigenvalue weighted by Crippen LogP contribution is 2.29. The normalized spacial score (nSPS) is 13.6. The molecule has 0 spiro atoms. The van der Waals surface area contributed by atoms with Gasteiger partial charge in [-0.1, -0.05) is 13.0 Å². The Morgan fingerprint density at radius 3 is 3.15 bits per heavy atom. The second kappa shape index (κ2) is 5.03. The monoisotopic (exact) mass is 274 g/mol. The van der Waals surface area contributed by atoms with E-state index in [-0.39, 0.29) is 17.5 Å². The van der Waals surface area contributed by atoms with Gasteiger partial charge in [0.1, 0.15) is 11.6 Å². The minimum Gasteiger partial charge on any atom is -0.305 e. The van der Waals surface area contributed by atoms with Crippen molar-refractivity contribution in [2.24, 2.45) is 0 Å². The molecular formula is C14H15FN4O. The molecule has 2 aromatic rings. The number of benzene rings is 1. The first-order valence-electron chi connectivity index (χ1n) is 6.70. The van der Waals surface area contributed by atoms with Crippen LogP contribution < -0.4 is 4.90 Å². The lowest BCUT2D eigenvalue weighted by Crippen LogP contribution is -2.29. The maximum atomic E-state index is 13.3. The van der Waals surface area contributed by atoms with Gasteiger partial charge in [-0.05, 0) is 30.5 Å². The highest BCUT2D eigenvalue weighted by molar-refractivity contribution is 6.04. The second-order valence-corrected chi connectivity index (χ2v) is 4.84. The number of aromatic amines is 1. The van der Waals surface area contributed by atoms with E-state index in [2.05, 4.69) is 15.2 Å². The Hall–Kier alpha value is -2.24. The van der Waals surface area contributed by atoms with Crippen LogP contribution in [0.2, 0.25) is 0 Å². The molecule has 1 N–H and O–H groups in total. The van der Waals surface area contributed by atoms with Crippen LogP contribution in [0.1, 0.15) is 35.4 Å². The van der Waals surface area contributed by atoms with Gasteiger partial charge < -0.3 is 4.90 Å². The van der Waals surface area contributed by atoms with Crippen LogP contribution in [0.3, 0.4) is 0 Å². The summed E-state index contributed by atoms with van der Waals surface area (Å²) in [6.07, 6.45) is 2.42. The highest BCUT2D eigenvalue weighted by atomic mass is 19.1. The molecule has 6 heteroatoms. The average Bonchev–Trinajstić information content (AvgIpc) is 3.05. The molecule has 0 radical (unpaired) electrons. The summed E-state index contributed by atoms with van der Waals surface area (Å²) in [5, 5.41) is 6.72. The first kappa shape index (κ1) is 12.8. The number of carbonyl (C=O) groups excluding carboxylic acids is 1. The van der Waals surface area contributed by atoms with Gasteiger partial charge in [0.05, 0.1) is 5.69 Å². The van der Waals surface area contributed by atoms with Crippen LogP contribution in [0, 0.1) is 5.82 Å². The summed E-state index contributed by atoms with van der Waals surface area (Å²) in [7, 11) is 0. The smallest absolute Gasteiger partial charge is 0.297 e. The number of aromatic nitrogens is 3. The van der Waals surface area contributed by atoms with E-state index < -0.39 is 0 Å². The summed E-state index contributed by atoms with van der Waals surface area (Å²) >= 11 is 0. The molecule has 0 saturated heterocycles. The van der Waals surface area contributed by atoms with Crippen LogP contribution in [-0.2, 0) is 12.8 Å². The summed E-state index contributed by atoms with van der Waals surface area (Å²) in [6.45, 7) is 2.57. The molecule has 1 aromatic heterocycles. The number of H-pyrrole nitrogens is 1. The summed E-state index contributed by atoms with van der Waals surface area (Å²) in [5.74, 6) is 0.220. The van der Waals surface area contributed by atoms with Crippen molar-refractivity contribution in [2.45, 2.75) is 26.2 Å². The number of amides is 1. The predicted molar refractivity (Wildman–Crippen MR) is 72.2 cm³/mol. The number of carbonyl (C=O) groups is 1. The molecule has 0 atom stereocenters. The van der Waals surface area contributed by atoms with Gasteiger partial charge in [-0.3, -0.25) is 9.89 Å². The van der Waals surface area contributed by atoms with Crippen molar-refractivity contribution in [3.8, 4) is 0 Å². The predicted octanol–water partition coefficient (Wildman–Crippen LogP) is 2.10. The first-order chi connectivity index (χ1) is 9.69. The van der Waals surface area contributed by atoms with Crippen LogP contribution >= 0.6 is 0 Å². The molecule has 1 amide bonds. The Kier molecular flexibility index (Phi) is 3.22. The van der Waals surface area contributed by atoms with Crippen molar-refractivity contribution in [3.63, 3.8) is 0 Å². The zero-order chi connectivity index (χ0) is 14.1. The number of nitrogens with one attached hydrogen (secondary N) is 1. The van der Waals surface area contributed by atoms with Gasteiger partial charge in [-0.2, -0.15) is 0 Å². The van der Waals surface area contributed by atoms with Crippen molar-refractivity contribution in [1.29, 1.82) is 0 Å². The first-order valence-corrected chi connectivity index (χ1v) is 6.70. The van der Waals surface area contributed by atoms with Gasteiger partial charge in [-0.25, -0.2) is 9.37 Å². The fourth-order valence-electron chi connectivity index (χ4n) is 2.42. The van der Waals surface area contributed by atoms with Crippen LogP contribution in [0.15, 0.2) is 18.2 Å². The third-order valence-corrected chi connectivity index (χ3v) is 3.40. The molecule has 5 nitrogen and oxygen atoms in total. The largest absolute Gasteiger partial charge is 0.305 e.